The SMILES string of the molecule is CC(C)NC(Cc1ccccc1)CN1CCC[C@H]1C(=O)N[C@H](C(=O)NC(=O)[C@@H](N)C(C)C)C(C)C. The van der Waals surface area contributed by atoms with Crippen molar-refractivity contribution in [3.63, 3.8) is 0 Å². The van der Waals surface area contributed by atoms with Crippen molar-refractivity contribution < 1.29 is 14.4 Å². The van der Waals surface area contributed by atoms with E-state index < -0.39 is 23.9 Å². The molecule has 1 aliphatic rings. The molecule has 0 radical (unpaired) electrons. The molecule has 1 heterocycles. The molecule has 1 fully saturated rings. The van der Waals surface area contributed by atoms with Crippen LogP contribution in [0.1, 0.15) is 59.9 Å². The van der Waals surface area contributed by atoms with Crippen LogP contribution in [0.3, 0.4) is 0 Å². The molecule has 4 atom stereocenters. The molecule has 5 N–H and O–H groups in total. The predicted octanol–water partition coefficient (Wildman–Crippen LogP) is 1.83. The molecule has 1 aliphatic heterocycles. The van der Waals surface area contributed by atoms with Crippen molar-refractivity contribution in [1.29, 1.82) is 0 Å². The monoisotopic (exact) mass is 487 g/mol. The smallest absolute Gasteiger partial charge is 0.249 e. The van der Waals surface area contributed by atoms with E-state index in [2.05, 4.69) is 46.8 Å². The van der Waals surface area contributed by atoms with E-state index >= 15 is 0 Å². The van der Waals surface area contributed by atoms with E-state index in [0.717, 1.165) is 32.4 Å². The van der Waals surface area contributed by atoms with Crippen molar-refractivity contribution in [2.45, 2.75) is 91.0 Å². The minimum Gasteiger partial charge on any atom is -0.343 e. The number of likely N-dealkylation sites (tertiary alicyclic amines) is 1. The third-order valence-corrected chi connectivity index (χ3v) is 6.53. The number of imide groups is 1. The van der Waals surface area contributed by atoms with E-state index in [0.29, 0.717) is 6.04 Å². The average molecular weight is 488 g/mol. The summed E-state index contributed by atoms with van der Waals surface area (Å²) in [5.41, 5.74) is 7.13. The van der Waals surface area contributed by atoms with E-state index in [-0.39, 0.29) is 29.8 Å². The van der Waals surface area contributed by atoms with Crippen LogP contribution in [0.5, 0.6) is 0 Å². The highest BCUT2D eigenvalue weighted by molar-refractivity contribution is 6.01. The van der Waals surface area contributed by atoms with Gasteiger partial charge in [0.25, 0.3) is 0 Å². The molecule has 1 saturated heterocycles. The normalized spacial score (nSPS) is 19.1. The average Bonchev–Trinajstić information content (AvgIpc) is 3.24. The van der Waals surface area contributed by atoms with Crippen LogP contribution >= 0.6 is 0 Å². The Morgan fingerprint density at radius 1 is 1.00 bits per heavy atom. The van der Waals surface area contributed by atoms with Gasteiger partial charge in [0, 0.05) is 18.6 Å². The Balaban J connectivity index is 2.05. The van der Waals surface area contributed by atoms with Crippen molar-refractivity contribution in [3.8, 4) is 0 Å². The molecule has 3 amide bonds. The largest absolute Gasteiger partial charge is 0.343 e. The minimum atomic E-state index is -0.804. The maximum Gasteiger partial charge on any atom is 0.249 e. The summed E-state index contributed by atoms with van der Waals surface area (Å²) in [6, 6.07) is 9.00. The second-order valence-corrected chi connectivity index (χ2v) is 10.7. The van der Waals surface area contributed by atoms with E-state index in [1.807, 2.05) is 45.9 Å². The van der Waals surface area contributed by atoms with E-state index in [4.69, 9.17) is 5.73 Å². The molecule has 0 saturated carbocycles. The summed E-state index contributed by atoms with van der Waals surface area (Å²) in [6.45, 7) is 13.2. The van der Waals surface area contributed by atoms with Gasteiger partial charge in [-0.05, 0) is 43.2 Å². The van der Waals surface area contributed by atoms with Gasteiger partial charge in [0.05, 0.1) is 12.1 Å². The van der Waals surface area contributed by atoms with Gasteiger partial charge >= 0.3 is 0 Å². The minimum absolute atomic E-state index is 0.0924. The Labute approximate surface area is 210 Å². The molecule has 0 spiro atoms. The number of rotatable bonds is 12. The van der Waals surface area contributed by atoms with Gasteiger partial charge in [0.1, 0.15) is 6.04 Å². The van der Waals surface area contributed by atoms with Crippen molar-refractivity contribution in [2.75, 3.05) is 13.1 Å². The van der Waals surface area contributed by atoms with E-state index in [1.165, 1.54) is 5.56 Å². The van der Waals surface area contributed by atoms with Crippen LogP contribution in [-0.4, -0.2) is 65.9 Å². The second-order valence-electron chi connectivity index (χ2n) is 10.7. The number of benzene rings is 1. The fourth-order valence-electron chi connectivity index (χ4n) is 4.54. The topological polar surface area (TPSA) is 117 Å². The maximum absolute atomic E-state index is 13.3. The fraction of sp³-hybridized carbons (Fsp3) is 0.667. The number of carbonyl (C=O) groups is 3. The van der Waals surface area contributed by atoms with Gasteiger partial charge in [-0.25, -0.2) is 0 Å². The number of nitrogens with zero attached hydrogens (tertiary/aromatic N) is 1. The Morgan fingerprint density at radius 3 is 2.23 bits per heavy atom. The highest BCUT2D eigenvalue weighted by atomic mass is 16.2. The lowest BCUT2D eigenvalue weighted by molar-refractivity contribution is -0.137. The molecule has 2 rings (SSSR count). The van der Waals surface area contributed by atoms with Crippen molar-refractivity contribution in [3.05, 3.63) is 35.9 Å². The van der Waals surface area contributed by atoms with Gasteiger partial charge in [0.2, 0.25) is 17.7 Å². The van der Waals surface area contributed by atoms with Crippen molar-refractivity contribution in [2.24, 2.45) is 17.6 Å². The molecule has 1 aromatic carbocycles. The van der Waals surface area contributed by atoms with Crippen LogP contribution in [0.2, 0.25) is 0 Å². The van der Waals surface area contributed by atoms with Gasteiger partial charge < -0.3 is 16.4 Å². The van der Waals surface area contributed by atoms with Gasteiger partial charge in [0.15, 0.2) is 0 Å². The summed E-state index contributed by atoms with van der Waals surface area (Å²) in [4.78, 5) is 40.6. The zero-order valence-corrected chi connectivity index (χ0v) is 22.2. The zero-order chi connectivity index (χ0) is 26.1. The van der Waals surface area contributed by atoms with Gasteiger partial charge in [-0.3, -0.25) is 24.6 Å². The number of nitrogens with two attached hydrogens (primary N) is 1. The molecule has 8 nitrogen and oxygen atoms in total. The van der Waals surface area contributed by atoms with E-state index in [1.54, 1.807) is 0 Å². The third-order valence-electron chi connectivity index (χ3n) is 6.53. The van der Waals surface area contributed by atoms with Crippen LogP contribution < -0.4 is 21.7 Å². The van der Waals surface area contributed by atoms with Gasteiger partial charge in [-0.1, -0.05) is 71.9 Å². The molecule has 35 heavy (non-hydrogen) atoms. The van der Waals surface area contributed by atoms with Crippen LogP contribution in [0.4, 0.5) is 0 Å². The highest BCUT2D eigenvalue weighted by Crippen LogP contribution is 2.19. The standard InChI is InChI=1S/C27H45N5O3/c1-17(2)23(28)26(34)31-27(35)24(18(3)4)30-25(33)22-13-10-14-32(22)16-21(29-19(5)6)15-20-11-8-7-9-12-20/h7-9,11-12,17-19,21-24,29H,10,13-16,28H2,1-6H3,(H,30,33)(H,31,34,35)/t21?,22-,23-,24-/m0/s1. The van der Waals surface area contributed by atoms with Gasteiger partial charge in [-0.2, -0.15) is 0 Å². The Kier molecular flexibility index (Phi) is 11.3. The summed E-state index contributed by atoms with van der Waals surface area (Å²) in [5.74, 6) is -1.46. The molecule has 0 aliphatic carbocycles. The first-order chi connectivity index (χ1) is 16.5. The van der Waals surface area contributed by atoms with Gasteiger partial charge in [-0.15, -0.1) is 0 Å². The highest BCUT2D eigenvalue weighted by Gasteiger charge is 2.35. The molecule has 1 unspecified atom stereocenters. The van der Waals surface area contributed by atoms with Crippen molar-refractivity contribution in [1.82, 2.24) is 20.9 Å². The molecule has 1 aromatic rings. The number of nitrogens with one attached hydrogen (secondary N) is 3. The molecule has 196 valence electrons. The molecule has 0 aromatic heterocycles. The lowest BCUT2D eigenvalue weighted by Crippen LogP contribution is -2.58. The molecular weight excluding hydrogens is 442 g/mol. The molecular formula is C27H45N5O3. The van der Waals surface area contributed by atoms with Crippen molar-refractivity contribution >= 4 is 17.7 Å². The number of hydrogen-bond donors (Lipinski definition) is 4. The lowest BCUT2D eigenvalue weighted by Gasteiger charge is -2.31. The first-order valence-corrected chi connectivity index (χ1v) is 12.9. The van der Waals surface area contributed by atoms with Crippen LogP contribution in [0, 0.1) is 11.8 Å². The predicted molar refractivity (Wildman–Crippen MR) is 140 cm³/mol. The first kappa shape index (κ1) is 28.9. The number of carbonyl (C=O) groups excluding carboxylic acids is 3. The van der Waals surface area contributed by atoms with Crippen LogP contribution in [-0.2, 0) is 20.8 Å². The summed E-state index contributed by atoms with van der Waals surface area (Å²) >= 11 is 0. The van der Waals surface area contributed by atoms with Crippen LogP contribution in [0.25, 0.3) is 0 Å². The van der Waals surface area contributed by atoms with E-state index in [9.17, 15) is 14.4 Å². The van der Waals surface area contributed by atoms with Crippen LogP contribution in [0.15, 0.2) is 30.3 Å². The number of amides is 3. The zero-order valence-electron chi connectivity index (χ0n) is 22.2. The number of hydrogen-bond acceptors (Lipinski definition) is 6. The Hall–Kier alpha value is -2.29. The second kappa shape index (κ2) is 13.7. The fourth-order valence-corrected chi connectivity index (χ4v) is 4.54. The quantitative estimate of drug-likeness (QED) is 0.357. The molecule has 0 bridgehead atoms. The third kappa shape index (κ3) is 9.02. The summed E-state index contributed by atoms with van der Waals surface area (Å²) < 4.78 is 0. The summed E-state index contributed by atoms with van der Waals surface area (Å²) in [6.07, 6.45) is 2.55. The Morgan fingerprint density at radius 2 is 1.66 bits per heavy atom. The first-order valence-electron chi connectivity index (χ1n) is 12.9. The Bertz CT molecular complexity index is 827. The maximum atomic E-state index is 13.3. The summed E-state index contributed by atoms with van der Waals surface area (Å²) in [5, 5.41) is 8.96. The lowest BCUT2D eigenvalue weighted by atomic mass is 10.0. The molecule has 8 heteroatoms. The summed E-state index contributed by atoms with van der Waals surface area (Å²) in [7, 11) is 0.